The van der Waals surface area contributed by atoms with Gasteiger partial charge in [0, 0.05) is 19.0 Å². The zero-order chi connectivity index (χ0) is 16.8. The van der Waals surface area contributed by atoms with Gasteiger partial charge in [-0.25, -0.2) is 4.39 Å². The van der Waals surface area contributed by atoms with Gasteiger partial charge in [-0.1, -0.05) is 24.6 Å². The molecule has 2 N–H and O–H groups in total. The molecule has 6 heteroatoms. The van der Waals surface area contributed by atoms with Crippen LogP contribution in [0.4, 0.5) is 4.39 Å². The molecule has 23 heavy (non-hydrogen) atoms. The topological polar surface area (TPSA) is 52.6 Å². The van der Waals surface area contributed by atoms with Gasteiger partial charge in [0.05, 0.1) is 11.1 Å². The van der Waals surface area contributed by atoms with Crippen LogP contribution in [0, 0.1) is 5.82 Å². The van der Waals surface area contributed by atoms with E-state index in [1.54, 1.807) is 6.07 Å². The highest BCUT2D eigenvalue weighted by Gasteiger charge is 2.34. The van der Waals surface area contributed by atoms with E-state index in [0.717, 1.165) is 38.0 Å². The number of likely N-dealkylation sites (N-methyl/N-ethyl adjacent to an activating group) is 1. The van der Waals surface area contributed by atoms with Crippen molar-refractivity contribution in [3.8, 4) is 0 Å². The van der Waals surface area contributed by atoms with Crippen molar-refractivity contribution in [1.29, 1.82) is 0 Å². The molecule has 1 fully saturated rings. The Bertz CT molecular complexity index is 541. The van der Waals surface area contributed by atoms with E-state index in [1.165, 1.54) is 6.07 Å². The fourth-order valence-electron chi connectivity index (χ4n) is 3.25. The smallest absolute Gasteiger partial charge is 0.303 e. The summed E-state index contributed by atoms with van der Waals surface area (Å²) in [5, 5.41) is 12.3. The molecule has 2 unspecified atom stereocenters. The van der Waals surface area contributed by atoms with Crippen LogP contribution in [0.1, 0.15) is 44.2 Å². The molecule has 0 saturated carbocycles. The number of aliphatic carboxylic acids is 1. The van der Waals surface area contributed by atoms with Gasteiger partial charge in [-0.3, -0.25) is 9.69 Å². The molecule has 1 aromatic rings. The summed E-state index contributed by atoms with van der Waals surface area (Å²) < 4.78 is 13.8. The number of carbonyl (C=O) groups is 1. The van der Waals surface area contributed by atoms with Crippen molar-refractivity contribution < 1.29 is 14.3 Å². The van der Waals surface area contributed by atoms with E-state index in [0.29, 0.717) is 6.42 Å². The van der Waals surface area contributed by atoms with Crippen LogP contribution in [0.15, 0.2) is 18.2 Å². The maximum absolute atomic E-state index is 13.8. The minimum absolute atomic E-state index is 0.131. The Morgan fingerprint density at radius 2 is 2.26 bits per heavy atom. The van der Waals surface area contributed by atoms with Crippen molar-refractivity contribution in [3.05, 3.63) is 34.6 Å². The van der Waals surface area contributed by atoms with Crippen molar-refractivity contribution in [3.63, 3.8) is 0 Å². The first kappa shape index (κ1) is 18.2. The molecular weight excluding hydrogens is 319 g/mol. The number of nitrogens with zero attached hydrogens (tertiary/aromatic N) is 1. The van der Waals surface area contributed by atoms with Crippen LogP contribution in [0.25, 0.3) is 0 Å². The Kier molecular flexibility index (Phi) is 6.81. The van der Waals surface area contributed by atoms with Gasteiger partial charge in [-0.2, -0.15) is 0 Å². The van der Waals surface area contributed by atoms with Gasteiger partial charge in [0.2, 0.25) is 0 Å². The lowest BCUT2D eigenvalue weighted by Gasteiger charge is -2.28. The first-order valence-corrected chi connectivity index (χ1v) is 8.55. The van der Waals surface area contributed by atoms with Crippen molar-refractivity contribution in [2.45, 2.75) is 44.7 Å². The van der Waals surface area contributed by atoms with Crippen LogP contribution >= 0.6 is 11.6 Å². The summed E-state index contributed by atoms with van der Waals surface area (Å²) in [6, 6.07) is 5.41. The van der Waals surface area contributed by atoms with Crippen LogP contribution in [-0.2, 0) is 4.79 Å². The summed E-state index contributed by atoms with van der Waals surface area (Å²) in [7, 11) is 0. The lowest BCUT2D eigenvalue weighted by molar-refractivity contribution is -0.137. The molecule has 1 saturated heterocycles. The Morgan fingerprint density at radius 3 is 2.91 bits per heavy atom. The van der Waals surface area contributed by atoms with E-state index < -0.39 is 5.97 Å². The first-order chi connectivity index (χ1) is 11.0. The van der Waals surface area contributed by atoms with E-state index >= 15 is 0 Å². The number of likely N-dealkylation sites (tertiary alicyclic amines) is 1. The number of carboxylic acid groups (broad SMARTS) is 1. The summed E-state index contributed by atoms with van der Waals surface area (Å²) in [5.41, 5.74) is 0.939. The summed E-state index contributed by atoms with van der Waals surface area (Å²) in [4.78, 5) is 12.9. The number of rotatable bonds is 8. The van der Waals surface area contributed by atoms with Crippen molar-refractivity contribution in [2.24, 2.45) is 0 Å². The molecule has 4 nitrogen and oxygen atoms in total. The number of carboxylic acids is 1. The van der Waals surface area contributed by atoms with Crippen molar-refractivity contribution >= 4 is 17.6 Å². The highest BCUT2D eigenvalue weighted by Crippen LogP contribution is 2.33. The maximum atomic E-state index is 13.8. The molecule has 1 aromatic carbocycles. The Balaban J connectivity index is 1.98. The zero-order valence-electron chi connectivity index (χ0n) is 13.4. The van der Waals surface area contributed by atoms with Gasteiger partial charge >= 0.3 is 5.97 Å². The van der Waals surface area contributed by atoms with E-state index in [9.17, 15) is 9.18 Å². The van der Waals surface area contributed by atoms with Gasteiger partial charge < -0.3 is 10.4 Å². The summed E-state index contributed by atoms with van der Waals surface area (Å²) >= 11 is 5.79. The second-order valence-corrected chi connectivity index (χ2v) is 6.35. The second-order valence-electron chi connectivity index (χ2n) is 5.95. The highest BCUT2D eigenvalue weighted by molar-refractivity contribution is 6.30. The standard InChI is InChI=1S/C17H24ClFN2O2/c1-2-21-10-8-15(20-9-4-3-5-16(22)23)17(21)12-6-7-13(18)14(19)11-12/h6-7,11,15,17,20H,2-5,8-10H2,1H3,(H,22,23). The number of hydrogen-bond donors (Lipinski definition) is 2. The third-order valence-corrected chi connectivity index (χ3v) is 4.72. The largest absolute Gasteiger partial charge is 0.481 e. The highest BCUT2D eigenvalue weighted by atomic mass is 35.5. The molecule has 0 aromatic heterocycles. The van der Waals surface area contributed by atoms with Crippen molar-refractivity contribution in [2.75, 3.05) is 19.6 Å². The number of benzene rings is 1. The Hall–Kier alpha value is -1.17. The number of hydrogen-bond acceptors (Lipinski definition) is 3. The molecule has 1 heterocycles. The molecule has 128 valence electrons. The summed E-state index contributed by atoms with van der Waals surface area (Å²) in [6.45, 7) is 4.76. The Morgan fingerprint density at radius 1 is 1.48 bits per heavy atom. The van der Waals surface area contributed by atoms with E-state index in [-0.39, 0.29) is 29.3 Å². The Labute approximate surface area is 141 Å². The van der Waals surface area contributed by atoms with Gasteiger partial charge in [-0.05, 0) is 50.0 Å². The van der Waals surface area contributed by atoms with E-state index in [4.69, 9.17) is 16.7 Å². The first-order valence-electron chi connectivity index (χ1n) is 8.17. The molecule has 0 radical (unpaired) electrons. The SMILES string of the molecule is CCN1CCC(NCCCCC(=O)O)C1c1ccc(Cl)c(F)c1. The maximum Gasteiger partial charge on any atom is 0.303 e. The lowest BCUT2D eigenvalue weighted by Crippen LogP contribution is -2.36. The fraction of sp³-hybridized carbons (Fsp3) is 0.588. The predicted molar refractivity (Wildman–Crippen MR) is 89.3 cm³/mol. The molecule has 2 atom stereocenters. The molecule has 1 aliphatic heterocycles. The molecule has 0 bridgehead atoms. The molecule has 0 aliphatic carbocycles. The monoisotopic (exact) mass is 342 g/mol. The normalized spacial score (nSPS) is 21.7. The van der Waals surface area contributed by atoms with Crippen LogP contribution < -0.4 is 5.32 Å². The van der Waals surface area contributed by atoms with Crippen LogP contribution in [-0.4, -0.2) is 41.7 Å². The third kappa shape index (κ3) is 4.90. The zero-order valence-corrected chi connectivity index (χ0v) is 14.2. The average Bonchev–Trinajstić information content (AvgIpc) is 2.92. The van der Waals surface area contributed by atoms with Gasteiger partial charge in [0.1, 0.15) is 5.82 Å². The summed E-state index contributed by atoms with van der Waals surface area (Å²) in [6.07, 6.45) is 2.71. The minimum atomic E-state index is -0.752. The fourth-order valence-corrected chi connectivity index (χ4v) is 3.37. The van der Waals surface area contributed by atoms with Crippen LogP contribution in [0.2, 0.25) is 5.02 Å². The number of halogens is 2. The van der Waals surface area contributed by atoms with Gasteiger partial charge in [-0.15, -0.1) is 0 Å². The molecular formula is C17H24ClFN2O2. The minimum Gasteiger partial charge on any atom is -0.481 e. The van der Waals surface area contributed by atoms with E-state index in [2.05, 4.69) is 17.1 Å². The number of nitrogens with one attached hydrogen (secondary N) is 1. The summed E-state index contributed by atoms with van der Waals surface area (Å²) in [5.74, 6) is -1.13. The quantitative estimate of drug-likeness (QED) is 0.710. The molecule has 1 aliphatic rings. The van der Waals surface area contributed by atoms with Gasteiger partial charge in [0.25, 0.3) is 0 Å². The molecule has 0 spiro atoms. The second kappa shape index (κ2) is 8.62. The average molecular weight is 343 g/mol. The van der Waals surface area contributed by atoms with E-state index in [1.807, 2.05) is 6.07 Å². The molecule has 0 amide bonds. The van der Waals surface area contributed by atoms with Crippen molar-refractivity contribution in [1.82, 2.24) is 10.2 Å². The number of unbranched alkanes of at least 4 members (excludes halogenated alkanes) is 1. The lowest BCUT2D eigenvalue weighted by atomic mass is 9.99. The van der Waals surface area contributed by atoms with Gasteiger partial charge in [0.15, 0.2) is 0 Å². The van der Waals surface area contributed by atoms with Crippen LogP contribution in [0.5, 0.6) is 0 Å². The predicted octanol–water partition coefficient (Wildman–Crippen LogP) is 3.46. The van der Waals surface area contributed by atoms with Crippen LogP contribution in [0.3, 0.4) is 0 Å². The molecule has 2 rings (SSSR count). The third-order valence-electron chi connectivity index (χ3n) is 4.42.